The molecular formula is C28H22Cl2F3N5O. The standard InChI is InChI=1S/C28H22Cl2F3N5O/c1-15-4-10-22(16(2)35-15)27(39,24-14-34-37-38(24)3)19-9-11-23-20(13-19)25(29)21(26(30)36-23)12-17-5-7-18(8-6-17)28(31,32)33/h4-11,13-14,39H,12H2,1-3H3. The van der Waals surface area contributed by atoms with Gasteiger partial charge in [-0.3, -0.25) is 4.98 Å². The van der Waals surface area contributed by atoms with Crippen molar-refractivity contribution in [2.24, 2.45) is 7.05 Å². The van der Waals surface area contributed by atoms with Crippen molar-refractivity contribution in [2.45, 2.75) is 32.0 Å². The molecule has 5 rings (SSSR count). The maximum Gasteiger partial charge on any atom is 0.416 e. The third-order valence-corrected chi connectivity index (χ3v) is 7.49. The highest BCUT2D eigenvalue weighted by Crippen LogP contribution is 2.41. The van der Waals surface area contributed by atoms with E-state index < -0.39 is 17.3 Å². The molecule has 39 heavy (non-hydrogen) atoms. The Kier molecular flexibility index (Phi) is 6.86. The van der Waals surface area contributed by atoms with Crippen LogP contribution >= 0.6 is 23.2 Å². The minimum absolute atomic E-state index is 0.143. The van der Waals surface area contributed by atoms with Gasteiger partial charge in [0.1, 0.15) is 5.15 Å². The molecule has 0 aliphatic carbocycles. The quantitative estimate of drug-likeness (QED) is 0.241. The van der Waals surface area contributed by atoms with Gasteiger partial charge < -0.3 is 5.11 Å². The fraction of sp³-hybridized carbons (Fsp3) is 0.214. The third-order valence-electron chi connectivity index (χ3n) is 6.75. The van der Waals surface area contributed by atoms with Gasteiger partial charge in [0.15, 0.2) is 5.60 Å². The molecule has 0 amide bonds. The molecule has 6 nitrogen and oxygen atoms in total. The van der Waals surface area contributed by atoms with Crippen molar-refractivity contribution in [2.75, 3.05) is 0 Å². The molecule has 1 atom stereocenters. The predicted octanol–water partition coefficient (Wildman–Crippen LogP) is 6.58. The van der Waals surface area contributed by atoms with Crippen LogP contribution in [0, 0.1) is 13.8 Å². The molecule has 0 bridgehead atoms. The first-order valence-electron chi connectivity index (χ1n) is 11.9. The van der Waals surface area contributed by atoms with Crippen molar-refractivity contribution in [1.82, 2.24) is 25.0 Å². The summed E-state index contributed by atoms with van der Waals surface area (Å²) in [5, 5.41) is 21.3. The summed E-state index contributed by atoms with van der Waals surface area (Å²) in [5.41, 5.74) is 1.97. The van der Waals surface area contributed by atoms with E-state index in [2.05, 4.69) is 20.3 Å². The Bertz CT molecular complexity index is 1700. The number of aromatic nitrogens is 5. The predicted molar refractivity (Wildman–Crippen MR) is 143 cm³/mol. The Morgan fingerprint density at radius 3 is 2.23 bits per heavy atom. The van der Waals surface area contributed by atoms with Crippen LogP contribution in [0.2, 0.25) is 10.2 Å². The molecule has 11 heteroatoms. The third kappa shape index (κ3) is 4.86. The number of fused-ring (bicyclic) bond motifs is 1. The van der Waals surface area contributed by atoms with E-state index >= 15 is 0 Å². The average Bonchev–Trinajstić information content (AvgIpc) is 3.32. The monoisotopic (exact) mass is 571 g/mol. The lowest BCUT2D eigenvalue weighted by Gasteiger charge is -2.30. The normalized spacial score (nSPS) is 13.6. The number of nitrogens with zero attached hydrogens (tertiary/aromatic N) is 5. The number of hydrogen-bond donors (Lipinski definition) is 1. The zero-order valence-electron chi connectivity index (χ0n) is 21.1. The van der Waals surface area contributed by atoms with E-state index in [9.17, 15) is 18.3 Å². The van der Waals surface area contributed by atoms with E-state index in [1.54, 1.807) is 25.2 Å². The first-order chi connectivity index (χ1) is 18.4. The van der Waals surface area contributed by atoms with E-state index in [4.69, 9.17) is 23.2 Å². The lowest BCUT2D eigenvalue weighted by Crippen LogP contribution is -2.32. The summed E-state index contributed by atoms with van der Waals surface area (Å²) in [6.45, 7) is 3.68. The van der Waals surface area contributed by atoms with E-state index in [1.807, 2.05) is 26.0 Å². The van der Waals surface area contributed by atoms with Crippen molar-refractivity contribution < 1.29 is 18.3 Å². The number of aryl methyl sites for hydroxylation is 3. The topological polar surface area (TPSA) is 76.7 Å². The summed E-state index contributed by atoms with van der Waals surface area (Å²) in [5.74, 6) is 0. The van der Waals surface area contributed by atoms with Crippen molar-refractivity contribution in [3.63, 3.8) is 0 Å². The number of alkyl halides is 3. The number of pyridine rings is 2. The summed E-state index contributed by atoms with van der Waals surface area (Å²) in [7, 11) is 1.68. The molecular weight excluding hydrogens is 550 g/mol. The molecule has 0 radical (unpaired) electrons. The van der Waals surface area contributed by atoms with Gasteiger partial charge in [-0.25, -0.2) is 9.67 Å². The number of hydrogen-bond acceptors (Lipinski definition) is 5. The van der Waals surface area contributed by atoms with Gasteiger partial charge in [-0.2, -0.15) is 13.2 Å². The van der Waals surface area contributed by atoms with E-state index in [1.165, 1.54) is 23.0 Å². The average molecular weight is 572 g/mol. The summed E-state index contributed by atoms with van der Waals surface area (Å²) < 4.78 is 40.5. The lowest BCUT2D eigenvalue weighted by molar-refractivity contribution is -0.137. The number of rotatable bonds is 5. The Morgan fingerprint density at radius 2 is 1.62 bits per heavy atom. The molecule has 1 N–H and O–H groups in total. The Labute approximate surface area is 232 Å². The smallest absolute Gasteiger partial charge is 0.374 e. The van der Waals surface area contributed by atoms with Crippen LogP contribution in [-0.4, -0.2) is 30.1 Å². The molecule has 3 heterocycles. The van der Waals surface area contributed by atoms with Crippen molar-refractivity contribution in [3.8, 4) is 0 Å². The van der Waals surface area contributed by atoms with Gasteiger partial charge in [0.25, 0.3) is 0 Å². The SMILES string of the molecule is Cc1ccc(C(O)(c2ccc3nc(Cl)c(Cc4ccc(C(F)(F)F)cc4)c(Cl)c3c2)c2cnnn2C)c(C)n1. The van der Waals surface area contributed by atoms with Crippen LogP contribution in [0.5, 0.6) is 0 Å². The Morgan fingerprint density at radius 1 is 0.923 bits per heavy atom. The molecule has 3 aromatic heterocycles. The molecule has 0 aliphatic rings. The van der Waals surface area contributed by atoms with E-state index in [-0.39, 0.29) is 16.6 Å². The fourth-order valence-corrected chi connectivity index (χ4v) is 5.36. The second-order valence-electron chi connectivity index (χ2n) is 9.34. The number of halogens is 5. The second-order valence-corrected chi connectivity index (χ2v) is 10.1. The summed E-state index contributed by atoms with van der Waals surface area (Å²) >= 11 is 13.3. The molecule has 0 saturated heterocycles. The highest BCUT2D eigenvalue weighted by molar-refractivity contribution is 6.39. The maximum absolute atomic E-state index is 13.0. The van der Waals surface area contributed by atoms with Crippen LogP contribution in [0.4, 0.5) is 13.2 Å². The molecule has 0 fully saturated rings. The van der Waals surface area contributed by atoms with Crippen LogP contribution < -0.4 is 0 Å². The second kappa shape index (κ2) is 9.89. The zero-order valence-corrected chi connectivity index (χ0v) is 22.6. The molecule has 1 unspecified atom stereocenters. The van der Waals surface area contributed by atoms with Crippen LogP contribution in [-0.2, 0) is 25.2 Å². The molecule has 0 spiro atoms. The van der Waals surface area contributed by atoms with Gasteiger partial charge >= 0.3 is 6.18 Å². The van der Waals surface area contributed by atoms with E-state index in [0.717, 1.165) is 17.8 Å². The highest BCUT2D eigenvalue weighted by Gasteiger charge is 2.39. The van der Waals surface area contributed by atoms with Crippen molar-refractivity contribution in [1.29, 1.82) is 0 Å². The summed E-state index contributed by atoms with van der Waals surface area (Å²) in [6.07, 6.45) is -2.78. The van der Waals surface area contributed by atoms with Gasteiger partial charge in [0, 0.05) is 41.4 Å². The van der Waals surface area contributed by atoms with Crippen molar-refractivity contribution in [3.05, 3.63) is 116 Å². The molecule has 2 aromatic carbocycles. The van der Waals surface area contributed by atoms with Crippen molar-refractivity contribution >= 4 is 34.1 Å². The van der Waals surface area contributed by atoms with Gasteiger partial charge in [0.05, 0.1) is 28.0 Å². The van der Waals surface area contributed by atoms with Crippen LogP contribution in [0.3, 0.4) is 0 Å². The molecule has 0 aliphatic heterocycles. The lowest BCUT2D eigenvalue weighted by atomic mass is 9.82. The van der Waals surface area contributed by atoms with Gasteiger partial charge in [-0.15, -0.1) is 5.10 Å². The largest absolute Gasteiger partial charge is 0.416 e. The molecule has 5 aromatic rings. The van der Waals surface area contributed by atoms with Crippen LogP contribution in [0.25, 0.3) is 10.9 Å². The van der Waals surface area contributed by atoms with E-state index in [0.29, 0.717) is 44.5 Å². The summed E-state index contributed by atoms with van der Waals surface area (Å²) in [6, 6.07) is 13.6. The van der Waals surface area contributed by atoms with Gasteiger partial charge in [-0.05, 0) is 55.3 Å². The Hall–Kier alpha value is -3.53. The van der Waals surface area contributed by atoms with Gasteiger partial charge in [0.2, 0.25) is 0 Å². The minimum Gasteiger partial charge on any atom is -0.374 e. The summed E-state index contributed by atoms with van der Waals surface area (Å²) in [4.78, 5) is 9.01. The number of benzene rings is 2. The highest BCUT2D eigenvalue weighted by atomic mass is 35.5. The molecule has 200 valence electrons. The van der Waals surface area contributed by atoms with Gasteiger partial charge in [-0.1, -0.05) is 52.7 Å². The first kappa shape index (κ1) is 27.1. The van der Waals surface area contributed by atoms with Crippen LogP contribution in [0.1, 0.15) is 44.9 Å². The van der Waals surface area contributed by atoms with Crippen LogP contribution in [0.15, 0.2) is 60.8 Å². The number of aliphatic hydroxyl groups is 1. The zero-order chi connectivity index (χ0) is 28.1. The maximum atomic E-state index is 13.0. The minimum atomic E-state index is -4.43. The first-order valence-corrected chi connectivity index (χ1v) is 12.6. The molecule has 0 saturated carbocycles. The fourth-order valence-electron chi connectivity index (χ4n) is 4.75. The Balaban J connectivity index is 1.66.